The van der Waals surface area contributed by atoms with Gasteiger partial charge in [-0.2, -0.15) is 0 Å². The van der Waals surface area contributed by atoms with Gasteiger partial charge in [-0.1, -0.05) is 24.4 Å². The van der Waals surface area contributed by atoms with Crippen molar-refractivity contribution < 1.29 is 19.1 Å². The molecular formula is C23H32ClN3O4. The maximum atomic E-state index is 12.9. The quantitative estimate of drug-likeness (QED) is 0.597. The number of methoxy groups -OCH3 is 1. The number of piperidine rings is 1. The maximum absolute atomic E-state index is 12.9. The molecule has 8 heteroatoms. The van der Waals surface area contributed by atoms with Crippen LogP contribution in [0.4, 0.5) is 0 Å². The Morgan fingerprint density at radius 1 is 1.10 bits per heavy atom. The SMILES string of the molecule is COCCNC(=O)[C@H](NC(=O)C1CCCC1)C1CCN(C(=O)c2ccc(Cl)cc2)CC1. The molecule has 1 aliphatic heterocycles. The first-order chi connectivity index (χ1) is 15.0. The number of hydrogen-bond acceptors (Lipinski definition) is 4. The lowest BCUT2D eigenvalue weighted by Crippen LogP contribution is -2.55. The summed E-state index contributed by atoms with van der Waals surface area (Å²) in [6.45, 7) is 1.92. The van der Waals surface area contributed by atoms with Crippen LogP contribution in [0.5, 0.6) is 0 Å². The number of amides is 3. The van der Waals surface area contributed by atoms with Crippen molar-refractivity contribution in [3.63, 3.8) is 0 Å². The Morgan fingerprint density at radius 2 is 1.74 bits per heavy atom. The Labute approximate surface area is 188 Å². The molecule has 0 spiro atoms. The van der Waals surface area contributed by atoms with Crippen LogP contribution < -0.4 is 10.6 Å². The number of benzene rings is 1. The number of hydrogen-bond donors (Lipinski definition) is 2. The Balaban J connectivity index is 1.61. The van der Waals surface area contributed by atoms with Crippen LogP contribution >= 0.6 is 11.6 Å². The van der Waals surface area contributed by atoms with Gasteiger partial charge in [0.1, 0.15) is 6.04 Å². The number of likely N-dealkylation sites (tertiary alicyclic amines) is 1. The first-order valence-electron chi connectivity index (χ1n) is 11.1. The van der Waals surface area contributed by atoms with Crippen LogP contribution in [-0.4, -0.2) is 62.0 Å². The second kappa shape index (κ2) is 11.5. The summed E-state index contributed by atoms with van der Waals surface area (Å²) in [5.41, 5.74) is 0.603. The van der Waals surface area contributed by atoms with E-state index < -0.39 is 6.04 Å². The van der Waals surface area contributed by atoms with Gasteiger partial charge >= 0.3 is 0 Å². The van der Waals surface area contributed by atoms with Crippen LogP contribution in [0.25, 0.3) is 0 Å². The van der Waals surface area contributed by atoms with Crippen molar-refractivity contribution in [2.45, 2.75) is 44.6 Å². The zero-order valence-corrected chi connectivity index (χ0v) is 18.8. The molecule has 1 aliphatic carbocycles. The van der Waals surface area contributed by atoms with Crippen molar-refractivity contribution in [1.29, 1.82) is 0 Å². The van der Waals surface area contributed by atoms with E-state index in [0.717, 1.165) is 25.7 Å². The van der Waals surface area contributed by atoms with Gasteiger partial charge < -0.3 is 20.3 Å². The highest BCUT2D eigenvalue weighted by molar-refractivity contribution is 6.30. The summed E-state index contributed by atoms with van der Waals surface area (Å²) in [5, 5.41) is 6.49. The third-order valence-corrected chi connectivity index (χ3v) is 6.55. The van der Waals surface area contributed by atoms with E-state index in [-0.39, 0.29) is 29.6 Å². The summed E-state index contributed by atoms with van der Waals surface area (Å²) >= 11 is 5.91. The highest BCUT2D eigenvalue weighted by atomic mass is 35.5. The van der Waals surface area contributed by atoms with Crippen molar-refractivity contribution >= 4 is 29.3 Å². The van der Waals surface area contributed by atoms with E-state index in [1.165, 1.54) is 0 Å². The molecule has 0 bridgehead atoms. The Bertz CT molecular complexity index is 757. The molecule has 3 rings (SSSR count). The zero-order valence-electron chi connectivity index (χ0n) is 18.1. The standard InChI is InChI=1S/C23H32ClN3O4/c1-31-15-12-25-22(29)20(26-21(28)17-4-2-3-5-17)16-10-13-27(14-11-16)23(30)18-6-8-19(24)9-7-18/h6-9,16-17,20H,2-5,10-15H2,1H3,(H,25,29)(H,26,28)/t20-/m1/s1. The number of carbonyl (C=O) groups excluding carboxylic acids is 3. The lowest BCUT2D eigenvalue weighted by molar-refractivity contribution is -0.132. The van der Waals surface area contributed by atoms with E-state index in [0.29, 0.717) is 49.7 Å². The van der Waals surface area contributed by atoms with Gasteiger partial charge in [0, 0.05) is 43.2 Å². The van der Waals surface area contributed by atoms with Crippen molar-refractivity contribution in [3.05, 3.63) is 34.9 Å². The first kappa shape index (κ1) is 23.5. The fourth-order valence-corrected chi connectivity index (χ4v) is 4.58. The molecule has 7 nitrogen and oxygen atoms in total. The van der Waals surface area contributed by atoms with Crippen LogP contribution in [0, 0.1) is 11.8 Å². The van der Waals surface area contributed by atoms with Gasteiger partial charge in [-0.3, -0.25) is 14.4 Å². The minimum absolute atomic E-state index is 0.000784. The van der Waals surface area contributed by atoms with Crippen molar-refractivity contribution in [3.8, 4) is 0 Å². The molecule has 0 aromatic heterocycles. The lowest BCUT2D eigenvalue weighted by atomic mass is 9.88. The second-order valence-electron chi connectivity index (χ2n) is 8.39. The number of ether oxygens (including phenoxy) is 1. The molecule has 31 heavy (non-hydrogen) atoms. The van der Waals surface area contributed by atoms with Crippen molar-refractivity contribution in [1.82, 2.24) is 15.5 Å². The highest BCUT2D eigenvalue weighted by Gasteiger charge is 2.35. The minimum atomic E-state index is -0.585. The van der Waals surface area contributed by atoms with E-state index in [1.54, 1.807) is 36.3 Å². The van der Waals surface area contributed by atoms with Crippen LogP contribution in [0.3, 0.4) is 0 Å². The molecule has 1 aromatic rings. The van der Waals surface area contributed by atoms with Gasteiger partial charge in [-0.15, -0.1) is 0 Å². The van der Waals surface area contributed by atoms with Gasteiger partial charge in [0.05, 0.1) is 6.61 Å². The Kier molecular flexibility index (Phi) is 8.72. The number of nitrogens with zero attached hydrogens (tertiary/aromatic N) is 1. The van der Waals surface area contributed by atoms with Crippen LogP contribution in [-0.2, 0) is 14.3 Å². The molecule has 1 atom stereocenters. The summed E-state index contributed by atoms with van der Waals surface area (Å²) in [6.07, 6.45) is 5.22. The van der Waals surface area contributed by atoms with Gasteiger partial charge in [-0.05, 0) is 55.9 Å². The molecule has 170 valence electrons. The predicted octanol–water partition coefficient (Wildman–Crippen LogP) is 2.63. The molecule has 2 aliphatic rings. The minimum Gasteiger partial charge on any atom is -0.383 e. The molecular weight excluding hydrogens is 418 g/mol. The number of rotatable bonds is 8. The normalized spacial score (nSPS) is 18.6. The van der Waals surface area contributed by atoms with Gasteiger partial charge in [-0.25, -0.2) is 0 Å². The zero-order chi connectivity index (χ0) is 22.2. The monoisotopic (exact) mass is 449 g/mol. The fourth-order valence-electron chi connectivity index (χ4n) is 4.45. The predicted molar refractivity (Wildman–Crippen MR) is 119 cm³/mol. The summed E-state index contributed by atoms with van der Waals surface area (Å²) in [4.78, 5) is 40.2. The third kappa shape index (κ3) is 6.43. The summed E-state index contributed by atoms with van der Waals surface area (Å²) < 4.78 is 5.02. The average Bonchev–Trinajstić information content (AvgIpc) is 3.33. The Morgan fingerprint density at radius 3 is 2.35 bits per heavy atom. The van der Waals surface area contributed by atoms with Crippen LogP contribution in [0.15, 0.2) is 24.3 Å². The van der Waals surface area contributed by atoms with Gasteiger partial charge in [0.2, 0.25) is 11.8 Å². The summed E-state index contributed by atoms with van der Waals surface area (Å²) in [6, 6.07) is 6.29. The highest BCUT2D eigenvalue weighted by Crippen LogP contribution is 2.27. The van der Waals surface area contributed by atoms with E-state index >= 15 is 0 Å². The van der Waals surface area contributed by atoms with Crippen LogP contribution in [0.2, 0.25) is 5.02 Å². The molecule has 2 fully saturated rings. The number of carbonyl (C=O) groups is 3. The first-order valence-corrected chi connectivity index (χ1v) is 11.5. The molecule has 1 heterocycles. The molecule has 1 aromatic carbocycles. The lowest BCUT2D eigenvalue weighted by Gasteiger charge is -2.36. The molecule has 0 radical (unpaired) electrons. The summed E-state index contributed by atoms with van der Waals surface area (Å²) in [7, 11) is 1.58. The molecule has 0 unspecified atom stereocenters. The van der Waals surface area contributed by atoms with E-state index in [2.05, 4.69) is 10.6 Å². The molecule has 3 amide bonds. The van der Waals surface area contributed by atoms with E-state index in [4.69, 9.17) is 16.3 Å². The maximum Gasteiger partial charge on any atom is 0.253 e. The van der Waals surface area contributed by atoms with Crippen LogP contribution in [0.1, 0.15) is 48.9 Å². The topological polar surface area (TPSA) is 87.7 Å². The smallest absolute Gasteiger partial charge is 0.253 e. The van der Waals surface area contributed by atoms with E-state index in [9.17, 15) is 14.4 Å². The second-order valence-corrected chi connectivity index (χ2v) is 8.82. The Hall–Kier alpha value is -2.12. The van der Waals surface area contributed by atoms with Gasteiger partial charge in [0.15, 0.2) is 0 Å². The van der Waals surface area contributed by atoms with Gasteiger partial charge in [0.25, 0.3) is 5.91 Å². The number of nitrogens with one attached hydrogen (secondary N) is 2. The largest absolute Gasteiger partial charge is 0.383 e. The van der Waals surface area contributed by atoms with Crippen molar-refractivity contribution in [2.24, 2.45) is 11.8 Å². The van der Waals surface area contributed by atoms with E-state index in [1.807, 2.05) is 0 Å². The molecule has 1 saturated heterocycles. The summed E-state index contributed by atoms with van der Waals surface area (Å²) in [5.74, 6) is -0.246. The molecule has 2 N–H and O–H groups in total. The fraction of sp³-hybridized carbons (Fsp3) is 0.609. The van der Waals surface area contributed by atoms with Crippen molar-refractivity contribution in [2.75, 3.05) is 33.4 Å². The molecule has 1 saturated carbocycles. The average molecular weight is 450 g/mol. The third-order valence-electron chi connectivity index (χ3n) is 6.30. The number of halogens is 1.